The highest BCUT2D eigenvalue weighted by Gasteiger charge is 2.35. The van der Waals surface area contributed by atoms with Crippen LogP contribution in [0.25, 0.3) is 10.9 Å². The Morgan fingerprint density at radius 2 is 1.88 bits per heavy atom. The molecule has 52 heavy (non-hydrogen) atoms. The van der Waals surface area contributed by atoms with E-state index in [0.29, 0.717) is 80.1 Å². The Morgan fingerprint density at radius 1 is 1.06 bits per heavy atom. The summed E-state index contributed by atoms with van der Waals surface area (Å²) in [6.45, 7) is 5.33. The number of halogens is 1. The number of carbonyl (C=O) groups excluding carboxylic acids is 3. The number of nitrogens with one attached hydrogen (secondary N) is 3. The van der Waals surface area contributed by atoms with Crippen LogP contribution in [0.1, 0.15) is 74.7 Å². The van der Waals surface area contributed by atoms with Crippen molar-refractivity contribution in [2.45, 2.75) is 87.9 Å². The third kappa shape index (κ3) is 8.78. The first kappa shape index (κ1) is 36.4. The van der Waals surface area contributed by atoms with Crippen molar-refractivity contribution >= 4 is 46.1 Å². The van der Waals surface area contributed by atoms with Crippen LogP contribution in [0.3, 0.4) is 0 Å². The zero-order chi connectivity index (χ0) is 36.0. The van der Waals surface area contributed by atoms with Crippen LogP contribution in [-0.2, 0) is 38.0 Å². The number of hydrogen-bond acceptors (Lipinski definition) is 10. The Hall–Kier alpha value is -4.01. The molecule has 2 aromatic carbocycles. The maximum Gasteiger partial charge on any atom is 0.261 e. The van der Waals surface area contributed by atoms with Gasteiger partial charge >= 0.3 is 0 Å². The van der Waals surface area contributed by atoms with Gasteiger partial charge in [-0.1, -0.05) is 12.1 Å². The number of ether oxygens (including phenoxy) is 2. The van der Waals surface area contributed by atoms with E-state index in [4.69, 9.17) is 9.47 Å². The topological polar surface area (TPSA) is 146 Å². The molecule has 14 heteroatoms. The van der Waals surface area contributed by atoms with Gasteiger partial charge in [0, 0.05) is 81.8 Å². The summed E-state index contributed by atoms with van der Waals surface area (Å²) in [6, 6.07) is 8.79. The van der Waals surface area contributed by atoms with Gasteiger partial charge in [-0.3, -0.25) is 29.4 Å². The molecule has 4 aliphatic heterocycles. The molecule has 0 radical (unpaired) electrons. The van der Waals surface area contributed by atoms with Gasteiger partial charge in [-0.05, 0) is 68.1 Å². The van der Waals surface area contributed by atoms with Crippen molar-refractivity contribution in [2.75, 3.05) is 44.8 Å². The van der Waals surface area contributed by atoms with Crippen LogP contribution in [-0.4, -0.2) is 88.2 Å². The molecule has 0 bridgehead atoms. The lowest BCUT2D eigenvalue weighted by Gasteiger charge is -2.32. The molecule has 12 nitrogen and oxygen atoms in total. The zero-order valence-electron chi connectivity index (χ0n) is 29.4. The summed E-state index contributed by atoms with van der Waals surface area (Å²) in [4.78, 5) is 61.0. The summed E-state index contributed by atoms with van der Waals surface area (Å²) in [5, 5.41) is 6.40. The fraction of sp³-hybridized carbons (Fsp3) is 0.553. The number of carbonyl (C=O) groups is 3. The minimum Gasteiger partial charge on any atom is -0.493 e. The SMILES string of the molecule is O=C1CCC(N2Cc3cccc(NCCCCC(=O)N4CCC(COc5cc(F)c6c(=O)[nH]c(CSC7CCOCC7)nc6c5)CC4)c3C2)C(=O)N1. The van der Waals surface area contributed by atoms with Gasteiger partial charge in [-0.25, -0.2) is 9.37 Å². The maximum absolute atomic E-state index is 15.0. The Labute approximate surface area is 306 Å². The molecule has 7 rings (SSSR count). The second-order valence-electron chi connectivity index (χ2n) is 14.3. The van der Waals surface area contributed by atoms with Gasteiger partial charge in [0.15, 0.2) is 0 Å². The lowest BCUT2D eigenvalue weighted by atomic mass is 9.97. The number of fused-ring (bicyclic) bond motifs is 2. The Morgan fingerprint density at radius 3 is 2.69 bits per heavy atom. The number of benzene rings is 2. The number of rotatable bonds is 13. The van der Waals surface area contributed by atoms with E-state index >= 15 is 0 Å². The Balaban J connectivity index is 0.817. The molecule has 278 valence electrons. The average Bonchev–Trinajstić information content (AvgIpc) is 3.58. The number of imide groups is 1. The van der Waals surface area contributed by atoms with Gasteiger partial charge in [-0.2, -0.15) is 11.8 Å². The number of anilines is 1. The van der Waals surface area contributed by atoms with Gasteiger partial charge in [0.2, 0.25) is 17.7 Å². The number of unbranched alkanes of at least 4 members (excludes halogenated alkanes) is 1. The van der Waals surface area contributed by atoms with E-state index in [1.165, 1.54) is 17.2 Å². The van der Waals surface area contributed by atoms with E-state index in [-0.39, 0.29) is 35.1 Å². The molecule has 3 N–H and O–H groups in total. The van der Waals surface area contributed by atoms with Crippen LogP contribution in [0, 0.1) is 11.7 Å². The first-order valence-electron chi connectivity index (χ1n) is 18.6. The molecule has 3 amide bonds. The zero-order valence-corrected chi connectivity index (χ0v) is 30.2. The summed E-state index contributed by atoms with van der Waals surface area (Å²) < 4.78 is 26.4. The smallest absolute Gasteiger partial charge is 0.261 e. The van der Waals surface area contributed by atoms with Gasteiger partial charge in [-0.15, -0.1) is 0 Å². The first-order chi connectivity index (χ1) is 25.3. The molecular weight excluding hydrogens is 688 g/mol. The number of aromatic nitrogens is 2. The van der Waals surface area contributed by atoms with Crippen molar-refractivity contribution in [3.05, 3.63) is 63.5 Å². The number of nitrogens with zero attached hydrogens (tertiary/aromatic N) is 3. The molecule has 1 unspecified atom stereocenters. The number of amides is 3. The van der Waals surface area contributed by atoms with Crippen LogP contribution < -0.4 is 20.9 Å². The summed E-state index contributed by atoms with van der Waals surface area (Å²) in [7, 11) is 0. The second-order valence-corrected chi connectivity index (χ2v) is 15.6. The largest absolute Gasteiger partial charge is 0.493 e. The maximum atomic E-state index is 15.0. The van der Waals surface area contributed by atoms with Crippen molar-refractivity contribution in [3.8, 4) is 5.75 Å². The van der Waals surface area contributed by atoms with Gasteiger partial charge < -0.3 is 24.7 Å². The summed E-state index contributed by atoms with van der Waals surface area (Å²) in [6.07, 6.45) is 6.61. The molecule has 3 fully saturated rings. The molecule has 1 atom stereocenters. The molecule has 1 aromatic heterocycles. The highest BCUT2D eigenvalue weighted by molar-refractivity contribution is 7.99. The van der Waals surface area contributed by atoms with Crippen LogP contribution in [0.2, 0.25) is 0 Å². The monoisotopic (exact) mass is 734 g/mol. The van der Waals surface area contributed by atoms with Gasteiger partial charge in [0.25, 0.3) is 5.56 Å². The molecule has 3 saturated heterocycles. The molecule has 5 heterocycles. The molecule has 0 saturated carbocycles. The molecule has 0 aliphatic carbocycles. The Kier molecular flexibility index (Phi) is 11.7. The average molecular weight is 735 g/mol. The molecule has 3 aromatic rings. The van der Waals surface area contributed by atoms with Gasteiger partial charge in [0.05, 0.1) is 23.9 Å². The summed E-state index contributed by atoms with van der Waals surface area (Å²) >= 11 is 1.73. The van der Waals surface area contributed by atoms with E-state index in [2.05, 4.69) is 37.6 Å². The number of H-pyrrole nitrogens is 1. The van der Waals surface area contributed by atoms with Crippen molar-refractivity contribution in [1.29, 1.82) is 0 Å². The van der Waals surface area contributed by atoms with Crippen LogP contribution >= 0.6 is 11.8 Å². The minimum absolute atomic E-state index is 0.0586. The quantitative estimate of drug-likeness (QED) is 0.170. The van der Waals surface area contributed by atoms with E-state index < -0.39 is 11.4 Å². The first-order valence-corrected chi connectivity index (χ1v) is 19.6. The number of aromatic amines is 1. The van der Waals surface area contributed by atoms with Crippen molar-refractivity contribution in [2.24, 2.45) is 5.92 Å². The van der Waals surface area contributed by atoms with Crippen LogP contribution in [0.4, 0.5) is 10.1 Å². The van der Waals surface area contributed by atoms with Crippen molar-refractivity contribution in [3.63, 3.8) is 0 Å². The normalized spacial score (nSPS) is 20.2. The number of thioether (sulfide) groups is 1. The predicted molar refractivity (Wildman–Crippen MR) is 196 cm³/mol. The summed E-state index contributed by atoms with van der Waals surface area (Å²) in [5.41, 5.74) is 3.26. The van der Waals surface area contributed by atoms with Crippen LogP contribution in [0.5, 0.6) is 5.75 Å². The van der Waals surface area contributed by atoms with Crippen molar-refractivity contribution in [1.82, 2.24) is 25.1 Å². The standard InChI is InChI=1S/C38H47FN6O6S/c39-29-18-26(19-31-36(29)38(49)42-33(41-31)23-52-27-11-16-50-17-12-27)51-22-24-9-14-44(15-10-24)35(47)6-1-2-13-40-30-5-3-4-25-20-45(21-28(25)30)32-7-8-34(46)43-37(32)48/h3-5,18-19,24,27,32,40H,1-2,6-17,20-23H2,(H,41,42,49)(H,43,46,48). The molecule has 0 spiro atoms. The third-order valence-electron chi connectivity index (χ3n) is 10.7. The van der Waals surface area contributed by atoms with Gasteiger partial charge in [0.1, 0.15) is 22.8 Å². The number of piperidine rings is 2. The number of hydrogen-bond donors (Lipinski definition) is 3. The summed E-state index contributed by atoms with van der Waals surface area (Å²) in [5.74, 6) is 0.770. The fourth-order valence-corrected chi connectivity index (χ4v) is 8.70. The van der Waals surface area contributed by atoms with Crippen molar-refractivity contribution < 1.29 is 28.2 Å². The molecular formula is C38H47FN6O6S. The van der Waals surface area contributed by atoms with E-state index in [9.17, 15) is 23.6 Å². The lowest BCUT2D eigenvalue weighted by molar-refractivity contribution is -0.138. The van der Waals surface area contributed by atoms with E-state index in [0.717, 1.165) is 64.0 Å². The highest BCUT2D eigenvalue weighted by Crippen LogP contribution is 2.32. The van der Waals surface area contributed by atoms with Crippen LogP contribution in [0.15, 0.2) is 35.1 Å². The highest BCUT2D eigenvalue weighted by atomic mass is 32.2. The predicted octanol–water partition coefficient (Wildman–Crippen LogP) is 4.50. The second kappa shape index (κ2) is 16.8. The fourth-order valence-electron chi connectivity index (χ4n) is 7.65. The lowest BCUT2D eigenvalue weighted by Crippen LogP contribution is -2.50. The molecule has 4 aliphatic rings. The van der Waals surface area contributed by atoms with E-state index in [1.807, 2.05) is 11.0 Å². The third-order valence-corrected chi connectivity index (χ3v) is 12.0. The van der Waals surface area contributed by atoms with E-state index in [1.54, 1.807) is 17.8 Å². The Bertz CT molecular complexity index is 1840. The minimum atomic E-state index is -0.649. The number of likely N-dealkylation sites (tertiary alicyclic amines) is 1.